The summed E-state index contributed by atoms with van der Waals surface area (Å²) in [4.78, 5) is 16.7. The molecule has 5 heteroatoms. The van der Waals surface area contributed by atoms with E-state index < -0.39 is 6.61 Å². The van der Waals surface area contributed by atoms with E-state index in [0.29, 0.717) is 18.5 Å². The number of ether oxygens (including phenoxy) is 1. The highest BCUT2D eigenvalue weighted by Gasteiger charge is 2.31. The number of likely N-dealkylation sites (tertiary alicyclic amines) is 1. The third-order valence-electron chi connectivity index (χ3n) is 6.61. The van der Waals surface area contributed by atoms with E-state index in [0.717, 1.165) is 51.9 Å². The van der Waals surface area contributed by atoms with Crippen LogP contribution in [-0.2, 0) is 22.4 Å². The van der Waals surface area contributed by atoms with Gasteiger partial charge in [-0.25, -0.2) is 0 Å². The molecule has 1 aromatic carbocycles. The molecule has 0 radical (unpaired) electrons. The molecule has 4 rings (SSSR count). The first-order valence-corrected chi connectivity index (χ1v) is 10.5. The fraction of sp³-hybridized carbons (Fsp3) is 0.682. The molecule has 0 aromatic heterocycles. The number of rotatable bonds is 6. The van der Waals surface area contributed by atoms with Gasteiger partial charge in [-0.05, 0) is 68.7 Å². The molecule has 3 aliphatic rings. The van der Waals surface area contributed by atoms with Gasteiger partial charge in [0, 0.05) is 25.7 Å². The van der Waals surface area contributed by atoms with Crippen LogP contribution < -0.4 is 0 Å². The van der Waals surface area contributed by atoms with Crippen molar-refractivity contribution in [2.24, 2.45) is 5.92 Å². The van der Waals surface area contributed by atoms with Gasteiger partial charge in [0.2, 0.25) is 5.91 Å². The lowest BCUT2D eigenvalue weighted by Crippen LogP contribution is -2.46. The van der Waals surface area contributed by atoms with Crippen molar-refractivity contribution in [1.82, 2.24) is 9.80 Å². The molecule has 2 heterocycles. The van der Waals surface area contributed by atoms with Crippen LogP contribution in [0.3, 0.4) is 0 Å². The van der Waals surface area contributed by atoms with E-state index in [1.54, 1.807) is 0 Å². The number of aliphatic hydroxyl groups is 1. The van der Waals surface area contributed by atoms with Crippen molar-refractivity contribution in [3.8, 4) is 0 Å². The Balaban J connectivity index is 1.27. The average Bonchev–Trinajstić information content (AvgIpc) is 3.37. The molecule has 27 heavy (non-hydrogen) atoms. The Morgan fingerprint density at radius 1 is 1.11 bits per heavy atom. The van der Waals surface area contributed by atoms with Crippen LogP contribution in [0.5, 0.6) is 0 Å². The van der Waals surface area contributed by atoms with E-state index in [-0.39, 0.29) is 12.0 Å². The van der Waals surface area contributed by atoms with Crippen LogP contribution in [0.4, 0.5) is 0 Å². The maximum atomic E-state index is 12.2. The molecule has 0 unspecified atom stereocenters. The zero-order valence-corrected chi connectivity index (χ0v) is 16.2. The molecule has 2 saturated heterocycles. The third kappa shape index (κ3) is 4.53. The monoisotopic (exact) mass is 372 g/mol. The number of carbonyl (C=O) groups is 1. The average molecular weight is 373 g/mol. The highest BCUT2D eigenvalue weighted by molar-refractivity contribution is 5.77. The van der Waals surface area contributed by atoms with Crippen molar-refractivity contribution >= 4 is 5.91 Å². The zero-order valence-electron chi connectivity index (χ0n) is 16.2. The van der Waals surface area contributed by atoms with Gasteiger partial charge in [-0.15, -0.1) is 0 Å². The first kappa shape index (κ1) is 18.9. The highest BCUT2D eigenvalue weighted by atomic mass is 16.5. The minimum Gasteiger partial charge on any atom is -0.387 e. The number of hydrogen-bond acceptors (Lipinski definition) is 4. The fourth-order valence-corrected chi connectivity index (χ4v) is 5.02. The first-order valence-electron chi connectivity index (χ1n) is 10.5. The molecule has 0 spiro atoms. The smallest absolute Gasteiger partial charge is 0.248 e. The van der Waals surface area contributed by atoms with Gasteiger partial charge in [0.05, 0.1) is 6.10 Å². The highest BCUT2D eigenvalue weighted by Crippen LogP contribution is 2.29. The van der Waals surface area contributed by atoms with Crippen LogP contribution in [-0.4, -0.2) is 72.4 Å². The van der Waals surface area contributed by atoms with Crippen molar-refractivity contribution in [3.63, 3.8) is 0 Å². The Morgan fingerprint density at radius 3 is 2.41 bits per heavy atom. The second kappa shape index (κ2) is 8.72. The van der Waals surface area contributed by atoms with Crippen LogP contribution in [0.15, 0.2) is 24.3 Å². The predicted molar refractivity (Wildman–Crippen MR) is 105 cm³/mol. The van der Waals surface area contributed by atoms with Gasteiger partial charge in [0.25, 0.3) is 0 Å². The predicted octanol–water partition coefficient (Wildman–Crippen LogP) is 1.87. The molecule has 0 bridgehead atoms. The molecule has 2 aliphatic heterocycles. The van der Waals surface area contributed by atoms with Crippen LogP contribution in [0.25, 0.3) is 0 Å². The number of piperidine rings is 1. The lowest BCUT2D eigenvalue weighted by molar-refractivity contribution is -0.136. The number of amides is 1. The third-order valence-corrected chi connectivity index (χ3v) is 6.61. The van der Waals surface area contributed by atoms with E-state index >= 15 is 0 Å². The summed E-state index contributed by atoms with van der Waals surface area (Å²) in [6.07, 6.45) is 6.87. The summed E-state index contributed by atoms with van der Waals surface area (Å²) in [5, 5.41) is 9.34. The topological polar surface area (TPSA) is 53.0 Å². The summed E-state index contributed by atoms with van der Waals surface area (Å²) in [7, 11) is 0. The second-order valence-electron chi connectivity index (χ2n) is 8.40. The number of fused-ring (bicyclic) bond motifs is 1. The SMILES string of the molecule is O=C(CO)N(CC1CCN(C2Cc3ccccc3C2)CC1)C[C@@H]1CCCO1. The standard InChI is InChI=1S/C22H32N2O3/c25-16-22(26)24(15-21-6-3-11-27-21)14-17-7-9-23(10-8-17)20-12-18-4-1-2-5-19(18)13-20/h1-2,4-5,17,20-21,25H,3,6-16H2/t21-/m0/s1. The number of benzene rings is 1. The number of nitrogens with zero attached hydrogens (tertiary/aromatic N) is 2. The van der Waals surface area contributed by atoms with Gasteiger partial charge in [-0.1, -0.05) is 24.3 Å². The molecule has 1 amide bonds. The molecular formula is C22H32N2O3. The molecule has 2 fully saturated rings. The van der Waals surface area contributed by atoms with Crippen LogP contribution in [0.1, 0.15) is 36.8 Å². The van der Waals surface area contributed by atoms with Gasteiger partial charge < -0.3 is 14.7 Å². The maximum absolute atomic E-state index is 12.2. The van der Waals surface area contributed by atoms with Gasteiger partial charge in [-0.3, -0.25) is 9.69 Å². The summed E-state index contributed by atoms with van der Waals surface area (Å²) < 4.78 is 5.70. The van der Waals surface area contributed by atoms with Crippen molar-refractivity contribution in [1.29, 1.82) is 0 Å². The summed E-state index contributed by atoms with van der Waals surface area (Å²) in [6.45, 7) is 4.03. The molecule has 1 aromatic rings. The van der Waals surface area contributed by atoms with Crippen LogP contribution in [0.2, 0.25) is 0 Å². The van der Waals surface area contributed by atoms with Crippen molar-refractivity contribution < 1.29 is 14.6 Å². The van der Waals surface area contributed by atoms with Gasteiger partial charge >= 0.3 is 0 Å². The zero-order chi connectivity index (χ0) is 18.6. The molecule has 0 saturated carbocycles. The summed E-state index contributed by atoms with van der Waals surface area (Å²) in [5.41, 5.74) is 3.03. The summed E-state index contributed by atoms with van der Waals surface area (Å²) >= 11 is 0. The Kier molecular flexibility index (Phi) is 6.11. The van der Waals surface area contributed by atoms with E-state index in [2.05, 4.69) is 29.2 Å². The Hall–Kier alpha value is -1.43. The van der Waals surface area contributed by atoms with E-state index in [4.69, 9.17) is 4.74 Å². The van der Waals surface area contributed by atoms with Crippen molar-refractivity contribution in [3.05, 3.63) is 35.4 Å². The molecule has 1 N–H and O–H groups in total. The van der Waals surface area contributed by atoms with Gasteiger partial charge in [-0.2, -0.15) is 0 Å². The van der Waals surface area contributed by atoms with E-state index in [1.165, 1.54) is 24.0 Å². The van der Waals surface area contributed by atoms with Crippen molar-refractivity contribution in [2.75, 3.05) is 39.4 Å². The second-order valence-corrected chi connectivity index (χ2v) is 8.40. The summed E-state index contributed by atoms with van der Waals surface area (Å²) in [6, 6.07) is 9.48. The normalized spacial score (nSPS) is 24.3. The maximum Gasteiger partial charge on any atom is 0.248 e. The lowest BCUT2D eigenvalue weighted by Gasteiger charge is -2.38. The number of aliphatic hydroxyl groups excluding tert-OH is 1. The number of hydrogen-bond donors (Lipinski definition) is 1. The molecule has 148 valence electrons. The van der Waals surface area contributed by atoms with Crippen LogP contribution in [0, 0.1) is 5.92 Å². The molecular weight excluding hydrogens is 340 g/mol. The van der Waals surface area contributed by atoms with Gasteiger partial charge in [0.1, 0.15) is 6.61 Å². The van der Waals surface area contributed by atoms with Crippen molar-refractivity contribution in [2.45, 2.75) is 50.7 Å². The van der Waals surface area contributed by atoms with Crippen LogP contribution >= 0.6 is 0 Å². The quantitative estimate of drug-likeness (QED) is 0.828. The Labute approximate surface area is 162 Å². The van der Waals surface area contributed by atoms with E-state index in [9.17, 15) is 9.90 Å². The Morgan fingerprint density at radius 2 is 1.81 bits per heavy atom. The largest absolute Gasteiger partial charge is 0.387 e. The molecule has 5 nitrogen and oxygen atoms in total. The lowest BCUT2D eigenvalue weighted by atomic mass is 9.94. The molecule has 1 aliphatic carbocycles. The minimum atomic E-state index is -0.397. The number of carbonyl (C=O) groups excluding carboxylic acids is 1. The fourth-order valence-electron chi connectivity index (χ4n) is 5.02. The van der Waals surface area contributed by atoms with E-state index in [1.807, 2.05) is 4.90 Å². The summed E-state index contributed by atoms with van der Waals surface area (Å²) in [5.74, 6) is 0.376. The van der Waals surface area contributed by atoms with Gasteiger partial charge in [0.15, 0.2) is 0 Å². The Bertz CT molecular complexity index is 611. The first-order chi connectivity index (χ1) is 13.2. The minimum absolute atomic E-state index is 0.151. The molecule has 1 atom stereocenters.